The lowest BCUT2D eigenvalue weighted by molar-refractivity contribution is 0.590. The summed E-state index contributed by atoms with van der Waals surface area (Å²) >= 11 is 0. The van der Waals surface area contributed by atoms with Gasteiger partial charge in [-0.05, 0) is 125 Å². The minimum absolute atomic E-state index is 0.0172. The largest absolute Gasteiger partial charge is 0.456 e. The van der Waals surface area contributed by atoms with E-state index in [1.54, 1.807) is 5.19 Å². The van der Waals surface area contributed by atoms with Crippen LogP contribution in [-0.2, 0) is 16.2 Å². The monoisotopic (exact) mass is 868 g/mol. The van der Waals surface area contributed by atoms with Crippen LogP contribution in [0.15, 0.2) is 144 Å². The maximum atomic E-state index is 6.81. The van der Waals surface area contributed by atoms with E-state index in [2.05, 4.69) is 217 Å². The number of furan rings is 1. The van der Waals surface area contributed by atoms with E-state index in [4.69, 9.17) is 4.42 Å². The highest BCUT2D eigenvalue weighted by molar-refractivity contribution is 7.06. The number of aromatic nitrogens is 1. The number of nitrogens with zero attached hydrogens (tertiary/aromatic N) is 2. The van der Waals surface area contributed by atoms with Gasteiger partial charge < -0.3 is 13.8 Å². The number of anilines is 2. The summed E-state index contributed by atoms with van der Waals surface area (Å²) in [7, 11) is -2.30. The van der Waals surface area contributed by atoms with E-state index in [0.717, 1.165) is 21.9 Å². The molecule has 3 nitrogen and oxygen atoms in total. The average molecular weight is 869 g/mol. The molecule has 0 N–H and O–H groups in total. The number of hydrogen-bond acceptors (Lipinski definition) is 2. The lowest BCUT2D eigenvalue weighted by atomic mass is 9.43. The van der Waals surface area contributed by atoms with Crippen LogP contribution < -0.4 is 26.1 Å². The molecule has 1 aliphatic carbocycles. The molecule has 2 aromatic heterocycles. The van der Waals surface area contributed by atoms with Crippen LogP contribution in [0.5, 0.6) is 0 Å². The van der Waals surface area contributed by atoms with E-state index in [1.807, 2.05) is 0 Å². The van der Waals surface area contributed by atoms with E-state index in [9.17, 15) is 0 Å². The normalized spacial score (nSPS) is 15.9. The van der Waals surface area contributed by atoms with Gasteiger partial charge in [0, 0.05) is 55.7 Å². The molecule has 3 aliphatic heterocycles. The predicted molar refractivity (Wildman–Crippen MR) is 284 cm³/mol. The first-order valence-corrected chi connectivity index (χ1v) is 27.0. The second-order valence-electron chi connectivity index (χ2n) is 22.9. The van der Waals surface area contributed by atoms with Crippen molar-refractivity contribution in [3.05, 3.63) is 162 Å². The molecule has 0 atom stereocenters. The van der Waals surface area contributed by atoms with Crippen LogP contribution >= 0.6 is 0 Å². The highest BCUT2D eigenvalue weighted by Gasteiger charge is 2.51. The van der Waals surface area contributed by atoms with Gasteiger partial charge in [0.2, 0.25) is 0 Å². The molecule has 66 heavy (non-hydrogen) atoms. The first-order valence-electron chi connectivity index (χ1n) is 24.0. The lowest BCUT2D eigenvalue weighted by Gasteiger charge is -2.43. The molecule has 0 spiro atoms. The van der Waals surface area contributed by atoms with Crippen LogP contribution in [0.3, 0.4) is 0 Å². The summed E-state index contributed by atoms with van der Waals surface area (Å²) in [6.45, 7) is 24.0. The Bertz CT molecular complexity index is 3850. The molecular weight excluding hydrogens is 816 g/mol. The van der Waals surface area contributed by atoms with Crippen molar-refractivity contribution in [3.63, 3.8) is 0 Å². The Morgan fingerprint density at radius 3 is 2.03 bits per heavy atom. The summed E-state index contributed by atoms with van der Waals surface area (Å²) < 4.78 is 9.47. The molecule has 8 aromatic carbocycles. The van der Waals surface area contributed by atoms with E-state index in [1.165, 1.54) is 111 Å². The van der Waals surface area contributed by atoms with Gasteiger partial charge in [0.25, 0.3) is 0 Å². The number of para-hydroxylation sites is 1. The first kappa shape index (κ1) is 38.7. The molecule has 5 heteroatoms. The molecule has 0 radical (unpaired) electrons. The summed E-state index contributed by atoms with van der Waals surface area (Å²) in [6.07, 6.45) is 0. The van der Waals surface area contributed by atoms with E-state index in [-0.39, 0.29) is 23.1 Å². The molecule has 0 saturated carbocycles. The summed E-state index contributed by atoms with van der Waals surface area (Å²) in [6, 6.07) is 54.2. The van der Waals surface area contributed by atoms with Crippen molar-refractivity contribution in [1.29, 1.82) is 0 Å². The van der Waals surface area contributed by atoms with Crippen LogP contribution in [0, 0.1) is 0 Å². The molecule has 320 valence electrons. The minimum atomic E-state index is -2.30. The van der Waals surface area contributed by atoms with E-state index >= 15 is 0 Å². The van der Waals surface area contributed by atoms with Crippen molar-refractivity contribution >= 4 is 91.3 Å². The maximum Gasteiger partial charge on any atom is 0.333 e. The molecule has 14 rings (SSSR count). The number of rotatable bonds is 1. The zero-order chi connectivity index (χ0) is 45.1. The van der Waals surface area contributed by atoms with Crippen molar-refractivity contribution in [1.82, 2.24) is 4.57 Å². The van der Waals surface area contributed by atoms with Crippen LogP contribution in [0.4, 0.5) is 11.4 Å². The SMILES string of the molecule is CC(C)(C)c1ccc(N2B3c4cc5c(cc4-n4c6ccc(C(C)(C)C)cc6c6c7c(c(c3c64)-c3cc4c(cc32)-c2ccccc2C4(C)C)-c2ccccc2[Si]7(C)C)oc2ccccc25)cc1. The Balaban J connectivity index is 1.24. The van der Waals surface area contributed by atoms with Gasteiger partial charge in [-0.1, -0.05) is 159 Å². The summed E-state index contributed by atoms with van der Waals surface area (Å²) in [4.78, 5) is 2.74. The molecule has 0 unspecified atom stereocenters. The third-order valence-electron chi connectivity index (χ3n) is 16.4. The third kappa shape index (κ3) is 4.69. The highest BCUT2D eigenvalue weighted by Crippen LogP contribution is 2.56. The Labute approximate surface area is 388 Å². The first-order chi connectivity index (χ1) is 31.5. The summed E-state index contributed by atoms with van der Waals surface area (Å²) in [5.74, 6) is 0. The van der Waals surface area contributed by atoms with Gasteiger partial charge >= 0.3 is 6.85 Å². The van der Waals surface area contributed by atoms with Gasteiger partial charge in [0.15, 0.2) is 0 Å². The zero-order valence-corrected chi connectivity index (χ0v) is 40.7. The molecular formula is C61H53BN2OSi. The van der Waals surface area contributed by atoms with Crippen molar-refractivity contribution in [2.24, 2.45) is 0 Å². The van der Waals surface area contributed by atoms with Crippen LogP contribution in [0.1, 0.15) is 77.6 Å². The maximum absolute atomic E-state index is 6.81. The van der Waals surface area contributed by atoms with E-state index < -0.39 is 8.07 Å². The van der Waals surface area contributed by atoms with Crippen molar-refractivity contribution in [2.45, 2.75) is 84.7 Å². The number of fused-ring (bicyclic) bond motifs is 19. The van der Waals surface area contributed by atoms with Crippen molar-refractivity contribution < 1.29 is 4.42 Å². The summed E-state index contributed by atoms with van der Waals surface area (Å²) in [5.41, 5.74) is 24.6. The second-order valence-corrected chi connectivity index (χ2v) is 27.2. The lowest BCUT2D eigenvalue weighted by Crippen LogP contribution is -2.61. The number of benzene rings is 8. The summed E-state index contributed by atoms with van der Waals surface area (Å²) in [5, 5.41) is 8.24. The Kier molecular flexibility index (Phi) is 7.18. The Hall–Kier alpha value is -6.56. The van der Waals surface area contributed by atoms with Gasteiger partial charge in [-0.25, -0.2) is 0 Å². The van der Waals surface area contributed by atoms with Crippen molar-refractivity contribution in [2.75, 3.05) is 4.81 Å². The smallest absolute Gasteiger partial charge is 0.333 e. The van der Waals surface area contributed by atoms with Gasteiger partial charge in [0.05, 0.1) is 11.0 Å². The van der Waals surface area contributed by atoms with Crippen molar-refractivity contribution in [3.8, 4) is 39.1 Å². The van der Waals surface area contributed by atoms with Gasteiger partial charge in [0.1, 0.15) is 19.2 Å². The highest BCUT2D eigenvalue weighted by atomic mass is 28.3. The van der Waals surface area contributed by atoms with Gasteiger partial charge in [-0.2, -0.15) is 0 Å². The average Bonchev–Trinajstić information content (AvgIpc) is 3.97. The fraction of sp³-hybridized carbons (Fsp3) is 0.213. The second kappa shape index (κ2) is 12.3. The van der Waals surface area contributed by atoms with Crippen LogP contribution in [0.25, 0.3) is 82.8 Å². The zero-order valence-electron chi connectivity index (χ0n) is 39.7. The van der Waals surface area contributed by atoms with Crippen LogP contribution in [0.2, 0.25) is 13.1 Å². The molecule has 10 aromatic rings. The molecule has 5 heterocycles. The fourth-order valence-corrected chi connectivity index (χ4v) is 16.6. The number of hydrogen-bond donors (Lipinski definition) is 0. The standard InChI is InChI=1S/C61H53BN2OSi/c1-59(2,3)34-23-26-36(27-24-34)64-48-32-40-37-17-11-14-20-44(37)61(7,8)45(40)30-43(48)53-54-39-19-13-16-22-52(39)66(9,10)58(54)55-42-29-35(60(4,5)6)25-28-47(42)63-49-33-51-41(38-18-12-15-21-50(38)65-51)31-46(49)62(64)56(53)57(55)63/h11-33H,1-10H3. The molecule has 4 aliphatic rings. The van der Waals surface area contributed by atoms with E-state index in [0.29, 0.717) is 0 Å². The topological polar surface area (TPSA) is 21.3 Å². The molecule has 0 bridgehead atoms. The van der Waals surface area contributed by atoms with Gasteiger partial charge in [-0.3, -0.25) is 0 Å². The Morgan fingerprint density at radius 1 is 0.561 bits per heavy atom. The molecule has 0 amide bonds. The Morgan fingerprint density at radius 2 is 1.26 bits per heavy atom. The quantitative estimate of drug-likeness (QED) is 0.153. The van der Waals surface area contributed by atoms with Gasteiger partial charge in [-0.15, -0.1) is 0 Å². The fourth-order valence-electron chi connectivity index (χ4n) is 13.1. The minimum Gasteiger partial charge on any atom is -0.456 e. The molecule has 0 saturated heterocycles. The third-order valence-corrected chi connectivity index (χ3v) is 20.0. The van der Waals surface area contributed by atoms with Crippen LogP contribution in [-0.4, -0.2) is 19.5 Å². The predicted octanol–water partition coefficient (Wildman–Crippen LogP) is 13.6. The molecule has 0 fully saturated rings.